The van der Waals surface area contributed by atoms with Crippen LogP contribution in [-0.4, -0.2) is 11.1 Å². The lowest BCUT2D eigenvalue weighted by molar-refractivity contribution is -0.113. The maximum Gasteiger partial charge on any atom is 0.298 e. The van der Waals surface area contributed by atoms with Crippen LogP contribution >= 0.6 is 11.8 Å². The van der Waals surface area contributed by atoms with Crippen LogP contribution in [0, 0.1) is 5.82 Å². The second-order valence-electron chi connectivity index (χ2n) is 5.04. The van der Waals surface area contributed by atoms with Crippen molar-refractivity contribution in [1.82, 2.24) is 0 Å². The van der Waals surface area contributed by atoms with Gasteiger partial charge in [-0.15, -0.1) is 0 Å². The van der Waals surface area contributed by atoms with Crippen LogP contribution in [0.3, 0.4) is 0 Å². The number of hydrogen-bond acceptors (Lipinski definition) is 4. The van der Waals surface area contributed by atoms with Gasteiger partial charge in [0, 0.05) is 5.69 Å². The molecule has 0 bridgehead atoms. The van der Waals surface area contributed by atoms with E-state index in [1.807, 2.05) is 0 Å². The van der Waals surface area contributed by atoms with Crippen molar-refractivity contribution < 1.29 is 14.0 Å². The molecule has 0 aromatic heterocycles. The number of benzene rings is 2. The van der Waals surface area contributed by atoms with Crippen molar-refractivity contribution in [1.29, 1.82) is 0 Å². The number of imide groups is 1. The average molecular weight is 328 g/mol. The van der Waals surface area contributed by atoms with Gasteiger partial charge in [-0.3, -0.25) is 9.59 Å². The van der Waals surface area contributed by atoms with Crippen LogP contribution in [0.4, 0.5) is 20.6 Å². The summed E-state index contributed by atoms with van der Waals surface area (Å²) in [6, 6.07) is 12.7. The lowest BCUT2D eigenvalue weighted by Gasteiger charge is -2.13. The highest BCUT2D eigenvalue weighted by atomic mass is 32.2. The highest BCUT2D eigenvalue weighted by molar-refractivity contribution is 8.19. The van der Waals surface area contributed by atoms with Gasteiger partial charge in [-0.2, -0.15) is 0 Å². The summed E-state index contributed by atoms with van der Waals surface area (Å²) in [7, 11) is 0. The van der Waals surface area contributed by atoms with E-state index in [1.165, 1.54) is 18.2 Å². The molecule has 0 saturated carbocycles. The first-order valence-electron chi connectivity index (χ1n) is 6.86. The van der Waals surface area contributed by atoms with Gasteiger partial charge in [0.15, 0.2) is 0 Å². The van der Waals surface area contributed by atoms with Gasteiger partial charge in [0.1, 0.15) is 5.82 Å². The fourth-order valence-electron chi connectivity index (χ4n) is 2.30. The zero-order chi connectivity index (χ0) is 16.6. The Morgan fingerprint density at radius 2 is 1.74 bits per heavy atom. The summed E-state index contributed by atoms with van der Waals surface area (Å²) in [4.78, 5) is 25.9. The van der Waals surface area contributed by atoms with Gasteiger partial charge >= 0.3 is 0 Å². The lowest BCUT2D eigenvalue weighted by Crippen LogP contribution is -2.28. The molecule has 1 heterocycles. The normalized spacial score (nSPS) is 16.9. The van der Waals surface area contributed by atoms with E-state index in [0.29, 0.717) is 16.2 Å². The number of nitrogens with two attached hydrogens (primary N) is 1. The number of carbonyl (C=O) groups excluding carboxylic acids is 2. The fourth-order valence-corrected chi connectivity index (χ4v) is 3.20. The second-order valence-corrected chi connectivity index (χ2v) is 6.00. The smallest absolute Gasteiger partial charge is 0.298 e. The number of halogens is 1. The maximum atomic E-state index is 13.9. The van der Waals surface area contributed by atoms with Crippen molar-refractivity contribution >= 4 is 39.9 Å². The van der Waals surface area contributed by atoms with Gasteiger partial charge in [0.25, 0.3) is 11.1 Å². The van der Waals surface area contributed by atoms with E-state index in [1.54, 1.807) is 37.3 Å². The second kappa shape index (κ2) is 5.89. The van der Waals surface area contributed by atoms with Crippen LogP contribution in [0.25, 0.3) is 5.57 Å². The number of amides is 2. The summed E-state index contributed by atoms with van der Waals surface area (Å²) < 4.78 is 13.9. The standard InChI is InChI=1S/C17H13FN2O2S/c1-10(11-6-8-12(19)9-7-11)15-16(21)20(17(22)23-15)14-5-3-2-4-13(14)18/h2-9H,19H2,1H3/b15-10-. The Morgan fingerprint density at radius 3 is 2.39 bits per heavy atom. The Kier molecular flexibility index (Phi) is 3.92. The summed E-state index contributed by atoms with van der Waals surface area (Å²) in [5, 5.41) is -0.509. The minimum absolute atomic E-state index is 0.0323. The van der Waals surface area contributed by atoms with Gasteiger partial charge in [-0.05, 0) is 54.1 Å². The lowest BCUT2D eigenvalue weighted by atomic mass is 10.1. The predicted octanol–water partition coefficient (Wildman–Crippen LogP) is 4.04. The minimum atomic E-state index is -0.610. The number of allylic oxidation sites excluding steroid dienone is 1. The van der Waals surface area contributed by atoms with Crippen LogP contribution in [-0.2, 0) is 4.79 Å². The van der Waals surface area contributed by atoms with Gasteiger partial charge in [-0.25, -0.2) is 9.29 Å². The number of rotatable bonds is 2. The Hall–Kier alpha value is -2.60. The molecule has 0 aliphatic carbocycles. The molecule has 1 fully saturated rings. The van der Waals surface area contributed by atoms with Crippen molar-refractivity contribution in [3.63, 3.8) is 0 Å². The van der Waals surface area contributed by atoms with Crippen molar-refractivity contribution in [3.8, 4) is 0 Å². The first-order chi connectivity index (χ1) is 11.0. The number of thioether (sulfide) groups is 1. The highest BCUT2D eigenvalue weighted by Crippen LogP contribution is 2.39. The first-order valence-corrected chi connectivity index (χ1v) is 7.68. The molecule has 2 N–H and O–H groups in total. The number of carbonyl (C=O) groups is 2. The molecule has 0 atom stereocenters. The molecule has 1 saturated heterocycles. The summed E-state index contributed by atoms with van der Waals surface area (Å²) >= 11 is 0.812. The van der Waals surface area contributed by atoms with Gasteiger partial charge in [-0.1, -0.05) is 24.3 Å². The predicted molar refractivity (Wildman–Crippen MR) is 90.3 cm³/mol. The van der Waals surface area contributed by atoms with E-state index in [9.17, 15) is 14.0 Å². The van der Waals surface area contributed by atoms with E-state index in [-0.39, 0.29) is 5.69 Å². The molecule has 116 valence electrons. The molecule has 2 aromatic rings. The van der Waals surface area contributed by atoms with Gasteiger partial charge in [0.05, 0.1) is 10.6 Å². The molecule has 1 aliphatic heterocycles. The molecular weight excluding hydrogens is 315 g/mol. The third-order valence-electron chi connectivity index (χ3n) is 3.55. The number of hydrogen-bond donors (Lipinski definition) is 1. The molecule has 1 aliphatic rings. The fraction of sp³-hybridized carbons (Fsp3) is 0.0588. The Bertz CT molecular complexity index is 831. The molecule has 0 unspecified atom stereocenters. The number of nitrogen functional groups attached to an aromatic ring is 1. The summed E-state index contributed by atoms with van der Waals surface area (Å²) in [6.07, 6.45) is 0. The molecule has 2 aromatic carbocycles. The monoisotopic (exact) mass is 328 g/mol. The third-order valence-corrected chi connectivity index (χ3v) is 4.59. The van der Waals surface area contributed by atoms with Crippen molar-refractivity contribution in [2.75, 3.05) is 10.6 Å². The Morgan fingerprint density at radius 1 is 1.09 bits per heavy atom. The maximum absolute atomic E-state index is 13.9. The molecule has 0 spiro atoms. The van der Waals surface area contributed by atoms with Crippen LogP contribution in [0.15, 0.2) is 53.4 Å². The summed E-state index contributed by atoms with van der Waals surface area (Å²) in [6.45, 7) is 1.75. The minimum Gasteiger partial charge on any atom is -0.399 e. The van der Waals surface area contributed by atoms with E-state index in [4.69, 9.17) is 5.73 Å². The molecule has 0 radical (unpaired) electrons. The summed E-state index contributed by atoms with van der Waals surface area (Å²) in [5.74, 6) is -1.12. The zero-order valence-electron chi connectivity index (χ0n) is 12.2. The van der Waals surface area contributed by atoms with Crippen LogP contribution < -0.4 is 10.6 Å². The largest absolute Gasteiger partial charge is 0.399 e. The Balaban J connectivity index is 2.03. The van der Waals surface area contributed by atoms with E-state index < -0.39 is 17.0 Å². The van der Waals surface area contributed by atoms with E-state index in [0.717, 1.165) is 22.2 Å². The quantitative estimate of drug-likeness (QED) is 0.667. The number of para-hydroxylation sites is 1. The number of nitrogens with zero attached hydrogens (tertiary/aromatic N) is 1. The topological polar surface area (TPSA) is 63.4 Å². The van der Waals surface area contributed by atoms with Crippen molar-refractivity contribution in [2.24, 2.45) is 0 Å². The van der Waals surface area contributed by atoms with Crippen LogP contribution in [0.1, 0.15) is 12.5 Å². The summed E-state index contributed by atoms with van der Waals surface area (Å²) in [5.41, 5.74) is 7.68. The zero-order valence-corrected chi connectivity index (χ0v) is 13.1. The highest BCUT2D eigenvalue weighted by Gasteiger charge is 2.38. The average Bonchev–Trinajstić information content (AvgIpc) is 2.83. The van der Waals surface area contributed by atoms with Crippen molar-refractivity contribution in [3.05, 3.63) is 64.8 Å². The Labute approximate surface area is 136 Å². The third kappa shape index (κ3) is 2.73. The molecule has 2 amide bonds. The number of anilines is 2. The van der Waals surface area contributed by atoms with Gasteiger partial charge < -0.3 is 5.73 Å². The first kappa shape index (κ1) is 15.3. The van der Waals surface area contributed by atoms with Crippen molar-refractivity contribution in [2.45, 2.75) is 6.92 Å². The molecule has 6 heteroatoms. The van der Waals surface area contributed by atoms with Crippen LogP contribution in [0.5, 0.6) is 0 Å². The van der Waals surface area contributed by atoms with E-state index in [2.05, 4.69) is 0 Å². The molecule has 3 rings (SSSR count). The molecule has 23 heavy (non-hydrogen) atoms. The van der Waals surface area contributed by atoms with Gasteiger partial charge in [0.2, 0.25) is 0 Å². The molecule has 4 nitrogen and oxygen atoms in total. The SMILES string of the molecule is C/C(=C1/SC(=O)N(c2ccccc2F)C1=O)c1ccc(N)cc1. The van der Waals surface area contributed by atoms with E-state index >= 15 is 0 Å². The van der Waals surface area contributed by atoms with Crippen LogP contribution in [0.2, 0.25) is 0 Å². The molecular formula is C17H13FN2O2S.